The quantitative estimate of drug-likeness (QED) is 0.752. The highest BCUT2D eigenvalue weighted by Gasteiger charge is 2.24. The number of benzene rings is 1. The first-order valence-corrected chi connectivity index (χ1v) is 9.93. The molecule has 2 rings (SSSR count). The topological polar surface area (TPSA) is 63.4 Å². The Bertz CT molecular complexity index is 744. The average Bonchev–Trinajstić information content (AvgIpc) is 2.84. The first-order chi connectivity index (χ1) is 9.84. The molecule has 0 radical (unpaired) electrons. The van der Waals surface area contributed by atoms with Crippen molar-refractivity contribution in [2.24, 2.45) is 5.73 Å². The van der Waals surface area contributed by atoms with Gasteiger partial charge in [-0.1, -0.05) is 6.07 Å². The van der Waals surface area contributed by atoms with E-state index in [-0.39, 0.29) is 4.90 Å². The van der Waals surface area contributed by atoms with Crippen LogP contribution in [0.5, 0.6) is 0 Å². The van der Waals surface area contributed by atoms with E-state index < -0.39 is 10.0 Å². The van der Waals surface area contributed by atoms with Gasteiger partial charge in [0.1, 0.15) is 0 Å². The van der Waals surface area contributed by atoms with Gasteiger partial charge in [-0.3, -0.25) is 0 Å². The van der Waals surface area contributed by atoms with E-state index in [9.17, 15) is 8.42 Å². The minimum Gasteiger partial charge on any atom is -0.326 e. The minimum atomic E-state index is -3.57. The molecular weight excluding hydrogens is 440 g/mol. The van der Waals surface area contributed by atoms with Crippen molar-refractivity contribution in [2.45, 2.75) is 18.0 Å². The van der Waals surface area contributed by atoms with Crippen molar-refractivity contribution in [1.29, 1.82) is 0 Å². The summed E-state index contributed by atoms with van der Waals surface area (Å²) in [5.74, 6) is 0. The summed E-state index contributed by atoms with van der Waals surface area (Å²) in [6.45, 7) is 0.634. The van der Waals surface area contributed by atoms with Crippen LogP contribution in [0, 0.1) is 0 Å². The molecule has 2 aromatic rings. The first kappa shape index (κ1) is 17.1. The summed E-state index contributed by atoms with van der Waals surface area (Å²) >= 11 is 8.19. The smallest absolute Gasteiger partial charge is 0.244 e. The van der Waals surface area contributed by atoms with Gasteiger partial charge in [-0.2, -0.15) is 4.31 Å². The maximum Gasteiger partial charge on any atom is 0.244 e. The van der Waals surface area contributed by atoms with Crippen LogP contribution in [-0.2, 0) is 23.1 Å². The van der Waals surface area contributed by atoms with Crippen LogP contribution >= 0.6 is 43.2 Å². The second-order valence-corrected chi connectivity index (χ2v) is 9.24. The van der Waals surface area contributed by atoms with Gasteiger partial charge in [-0.05, 0) is 55.6 Å². The summed E-state index contributed by atoms with van der Waals surface area (Å²) in [5.41, 5.74) is 6.37. The molecule has 1 aromatic heterocycles. The fourth-order valence-corrected chi connectivity index (χ4v) is 5.49. The Morgan fingerprint density at radius 2 is 2.00 bits per heavy atom. The zero-order chi connectivity index (χ0) is 15.6. The second kappa shape index (κ2) is 6.89. The maximum absolute atomic E-state index is 12.7. The molecule has 0 spiro atoms. The second-order valence-electron chi connectivity index (χ2n) is 4.46. The molecule has 0 atom stereocenters. The van der Waals surface area contributed by atoms with Crippen molar-refractivity contribution in [3.05, 3.63) is 49.0 Å². The third-order valence-corrected chi connectivity index (χ3v) is 7.40. The lowest BCUT2D eigenvalue weighted by Gasteiger charge is -2.18. The monoisotopic (exact) mass is 452 g/mol. The van der Waals surface area contributed by atoms with Crippen molar-refractivity contribution in [1.82, 2.24) is 4.31 Å². The number of nitrogens with zero attached hydrogens (tertiary/aromatic N) is 1. The zero-order valence-electron chi connectivity index (χ0n) is 11.2. The van der Waals surface area contributed by atoms with Crippen molar-refractivity contribution < 1.29 is 8.42 Å². The van der Waals surface area contributed by atoms with Gasteiger partial charge in [0.2, 0.25) is 10.0 Å². The SMILES string of the molecule is CN(Cc1cc(Br)cs1)S(=O)(=O)c1cc(CN)ccc1Br. The maximum atomic E-state index is 12.7. The Labute approximate surface area is 145 Å². The van der Waals surface area contributed by atoms with Gasteiger partial charge in [0, 0.05) is 39.3 Å². The Balaban J connectivity index is 2.32. The number of hydrogen-bond acceptors (Lipinski definition) is 4. The number of nitrogens with two attached hydrogens (primary N) is 1. The largest absolute Gasteiger partial charge is 0.326 e. The van der Waals surface area contributed by atoms with Crippen molar-refractivity contribution >= 4 is 53.2 Å². The molecule has 0 bridgehead atoms. The third-order valence-electron chi connectivity index (χ3n) is 2.92. The fraction of sp³-hybridized carbons (Fsp3) is 0.231. The molecule has 2 N–H and O–H groups in total. The van der Waals surface area contributed by atoms with Gasteiger partial charge in [0.05, 0.1) is 4.90 Å². The summed E-state index contributed by atoms with van der Waals surface area (Å²) in [7, 11) is -1.99. The zero-order valence-corrected chi connectivity index (χ0v) is 16.0. The summed E-state index contributed by atoms with van der Waals surface area (Å²) in [6.07, 6.45) is 0. The Morgan fingerprint density at radius 1 is 1.29 bits per heavy atom. The molecule has 21 heavy (non-hydrogen) atoms. The molecule has 1 heterocycles. The molecule has 0 unspecified atom stereocenters. The minimum absolute atomic E-state index is 0.239. The Morgan fingerprint density at radius 3 is 2.57 bits per heavy atom. The number of hydrogen-bond donors (Lipinski definition) is 1. The highest BCUT2D eigenvalue weighted by molar-refractivity contribution is 9.10. The van der Waals surface area contributed by atoms with Gasteiger partial charge in [-0.25, -0.2) is 8.42 Å². The predicted molar refractivity (Wildman–Crippen MR) is 92.7 cm³/mol. The predicted octanol–water partition coefficient (Wildman–Crippen LogP) is 3.55. The van der Waals surface area contributed by atoms with Crippen molar-refractivity contribution in [3.8, 4) is 0 Å². The lowest BCUT2D eigenvalue weighted by molar-refractivity contribution is 0.469. The average molecular weight is 454 g/mol. The third kappa shape index (κ3) is 3.94. The summed E-state index contributed by atoms with van der Waals surface area (Å²) in [5, 5.41) is 1.93. The van der Waals surface area contributed by atoms with E-state index in [1.807, 2.05) is 11.4 Å². The van der Waals surface area contributed by atoms with Crippen LogP contribution < -0.4 is 5.73 Å². The highest BCUT2D eigenvalue weighted by Crippen LogP contribution is 2.28. The lowest BCUT2D eigenvalue weighted by atomic mass is 10.2. The van der Waals surface area contributed by atoms with Crippen LogP contribution in [0.1, 0.15) is 10.4 Å². The molecule has 0 aliphatic heterocycles. The van der Waals surface area contributed by atoms with Gasteiger partial charge in [0.25, 0.3) is 0 Å². The molecule has 0 saturated carbocycles. The molecule has 4 nitrogen and oxygen atoms in total. The molecule has 0 amide bonds. The summed E-state index contributed by atoms with van der Waals surface area (Å²) in [4.78, 5) is 1.21. The van der Waals surface area contributed by atoms with E-state index in [4.69, 9.17) is 5.73 Å². The molecule has 0 saturated heterocycles. The van der Waals surface area contributed by atoms with Gasteiger partial charge >= 0.3 is 0 Å². The number of sulfonamides is 1. The van der Waals surface area contributed by atoms with Gasteiger partial charge in [0.15, 0.2) is 0 Å². The van der Waals surface area contributed by atoms with Crippen molar-refractivity contribution in [3.63, 3.8) is 0 Å². The van der Waals surface area contributed by atoms with Crippen LogP contribution in [0.3, 0.4) is 0 Å². The number of thiophene rings is 1. The Hall–Kier alpha value is -0.250. The van der Waals surface area contributed by atoms with Crippen LogP contribution in [0.15, 0.2) is 43.5 Å². The van der Waals surface area contributed by atoms with E-state index in [2.05, 4.69) is 31.9 Å². The van der Waals surface area contributed by atoms with Crippen LogP contribution in [0.25, 0.3) is 0 Å². The van der Waals surface area contributed by atoms with Gasteiger partial charge in [-0.15, -0.1) is 11.3 Å². The lowest BCUT2D eigenvalue weighted by Crippen LogP contribution is -2.26. The molecule has 0 aliphatic carbocycles. The van der Waals surface area contributed by atoms with Crippen LogP contribution in [0.2, 0.25) is 0 Å². The molecular formula is C13H14Br2N2O2S2. The Kier molecular flexibility index (Phi) is 5.61. The standard InChI is InChI=1S/C13H14Br2N2O2S2/c1-17(7-11-5-10(14)8-20-11)21(18,19)13-4-9(6-16)2-3-12(13)15/h2-5,8H,6-7,16H2,1H3. The van der Waals surface area contributed by atoms with E-state index in [1.165, 1.54) is 15.6 Å². The van der Waals surface area contributed by atoms with Crippen LogP contribution in [0.4, 0.5) is 0 Å². The number of rotatable bonds is 5. The van der Waals surface area contributed by atoms with Gasteiger partial charge < -0.3 is 5.73 Å². The van der Waals surface area contributed by atoms with E-state index in [1.54, 1.807) is 25.2 Å². The van der Waals surface area contributed by atoms with E-state index >= 15 is 0 Å². The molecule has 0 aliphatic rings. The van der Waals surface area contributed by atoms with Crippen LogP contribution in [-0.4, -0.2) is 19.8 Å². The fourth-order valence-electron chi connectivity index (χ4n) is 1.78. The van der Waals surface area contributed by atoms with Crippen molar-refractivity contribution in [2.75, 3.05) is 7.05 Å². The van der Waals surface area contributed by atoms with E-state index in [0.717, 1.165) is 14.9 Å². The summed E-state index contributed by atoms with van der Waals surface area (Å²) in [6, 6.07) is 7.05. The molecule has 0 fully saturated rings. The normalized spacial score (nSPS) is 12.0. The molecule has 8 heteroatoms. The number of halogens is 2. The molecule has 114 valence electrons. The van der Waals surface area contributed by atoms with E-state index in [0.29, 0.717) is 17.6 Å². The summed E-state index contributed by atoms with van der Waals surface area (Å²) < 4.78 is 28.2. The molecule has 1 aromatic carbocycles. The first-order valence-electron chi connectivity index (χ1n) is 6.02. The highest BCUT2D eigenvalue weighted by atomic mass is 79.9.